The minimum Gasteiger partial charge on any atom is -0.467 e. The van der Waals surface area contributed by atoms with Crippen LogP contribution in [0.5, 0.6) is 0 Å². The van der Waals surface area contributed by atoms with Gasteiger partial charge in [0.05, 0.1) is 25.3 Å². The van der Waals surface area contributed by atoms with Gasteiger partial charge in [-0.1, -0.05) is 19.3 Å². The molecule has 1 aromatic rings. The highest BCUT2D eigenvalue weighted by Gasteiger charge is 2.18. The Morgan fingerprint density at radius 3 is 2.90 bits per heavy atom. The zero-order valence-corrected chi connectivity index (χ0v) is 12.5. The lowest BCUT2D eigenvalue weighted by atomic mass is 9.96. The van der Waals surface area contributed by atoms with E-state index in [1.54, 1.807) is 6.26 Å². The van der Waals surface area contributed by atoms with E-state index >= 15 is 0 Å². The largest absolute Gasteiger partial charge is 0.467 e. The molecule has 0 amide bonds. The molecule has 1 N–H and O–H groups in total. The summed E-state index contributed by atoms with van der Waals surface area (Å²) in [7, 11) is 0. The van der Waals surface area contributed by atoms with Crippen LogP contribution in [0.15, 0.2) is 22.8 Å². The second kappa shape index (κ2) is 7.91. The van der Waals surface area contributed by atoms with Gasteiger partial charge in [-0.25, -0.2) is 0 Å². The lowest BCUT2D eigenvalue weighted by Crippen LogP contribution is -2.45. The normalized spacial score (nSPS) is 15.6. The van der Waals surface area contributed by atoms with E-state index in [9.17, 15) is 0 Å². The monoisotopic (exact) mass is 291 g/mol. The Morgan fingerprint density at radius 2 is 2.25 bits per heavy atom. The summed E-state index contributed by atoms with van der Waals surface area (Å²) < 4.78 is 5.37. The molecule has 0 unspecified atom stereocenters. The van der Waals surface area contributed by atoms with Crippen molar-refractivity contribution >= 4 is 17.3 Å². The maximum atomic E-state index is 8.78. The van der Waals surface area contributed by atoms with Gasteiger partial charge in [0.1, 0.15) is 5.76 Å². The number of hydrogen-bond acceptors (Lipinski definition) is 3. The van der Waals surface area contributed by atoms with E-state index < -0.39 is 0 Å². The van der Waals surface area contributed by atoms with Gasteiger partial charge in [0.25, 0.3) is 0 Å². The van der Waals surface area contributed by atoms with Gasteiger partial charge in [0.15, 0.2) is 5.11 Å². The number of nitrogens with zero attached hydrogens (tertiary/aromatic N) is 2. The molecule has 20 heavy (non-hydrogen) atoms. The zero-order chi connectivity index (χ0) is 14.2. The Labute approximate surface area is 125 Å². The molecule has 0 aliphatic heterocycles. The number of thiocarbonyl (C=S) groups is 1. The quantitative estimate of drug-likeness (QED) is 0.844. The predicted octanol–water partition coefficient (Wildman–Crippen LogP) is 3.20. The second-order valence-electron chi connectivity index (χ2n) is 5.19. The fourth-order valence-corrected chi connectivity index (χ4v) is 2.86. The van der Waals surface area contributed by atoms with Crippen LogP contribution in [0.25, 0.3) is 0 Å². The average molecular weight is 291 g/mol. The SMILES string of the molecule is N#CCCN(Cc1ccco1)C(=S)NC1CCCCC1. The first-order valence-electron chi connectivity index (χ1n) is 7.24. The Kier molecular flexibility index (Phi) is 5.87. The molecular formula is C15H21N3OS. The summed E-state index contributed by atoms with van der Waals surface area (Å²) >= 11 is 5.51. The zero-order valence-electron chi connectivity index (χ0n) is 11.7. The molecule has 0 radical (unpaired) electrons. The van der Waals surface area contributed by atoms with E-state index in [0.717, 1.165) is 10.9 Å². The maximum absolute atomic E-state index is 8.78. The molecule has 1 heterocycles. The topological polar surface area (TPSA) is 52.2 Å². The molecule has 0 spiro atoms. The Bertz CT molecular complexity index is 446. The van der Waals surface area contributed by atoms with Crippen LogP contribution in [-0.4, -0.2) is 22.6 Å². The van der Waals surface area contributed by atoms with Crippen LogP contribution in [0, 0.1) is 11.3 Å². The first-order valence-corrected chi connectivity index (χ1v) is 7.65. The third-order valence-corrected chi connectivity index (χ3v) is 4.02. The van der Waals surface area contributed by atoms with Crippen LogP contribution in [0.2, 0.25) is 0 Å². The number of rotatable bonds is 5. The second-order valence-corrected chi connectivity index (χ2v) is 5.58. The molecule has 0 saturated heterocycles. The molecule has 1 aliphatic rings. The van der Waals surface area contributed by atoms with E-state index in [1.807, 2.05) is 17.0 Å². The first-order chi connectivity index (χ1) is 9.79. The lowest BCUT2D eigenvalue weighted by Gasteiger charge is -2.30. The van der Waals surface area contributed by atoms with Crippen LogP contribution < -0.4 is 5.32 Å². The van der Waals surface area contributed by atoms with Gasteiger partial charge >= 0.3 is 0 Å². The van der Waals surface area contributed by atoms with Crippen molar-refractivity contribution in [2.45, 2.75) is 51.1 Å². The van der Waals surface area contributed by atoms with Crippen LogP contribution in [0.3, 0.4) is 0 Å². The highest BCUT2D eigenvalue weighted by Crippen LogP contribution is 2.18. The van der Waals surface area contributed by atoms with Crippen LogP contribution in [0.1, 0.15) is 44.3 Å². The molecule has 108 valence electrons. The van der Waals surface area contributed by atoms with Gasteiger partial charge < -0.3 is 14.6 Å². The van der Waals surface area contributed by atoms with Crippen molar-refractivity contribution in [1.82, 2.24) is 10.2 Å². The fraction of sp³-hybridized carbons (Fsp3) is 0.600. The summed E-state index contributed by atoms with van der Waals surface area (Å²) in [5.41, 5.74) is 0. The Hall–Kier alpha value is -1.54. The van der Waals surface area contributed by atoms with E-state index in [0.29, 0.717) is 25.6 Å². The summed E-state index contributed by atoms with van der Waals surface area (Å²) in [5, 5.41) is 13.0. The molecule has 1 aromatic heterocycles. The summed E-state index contributed by atoms with van der Waals surface area (Å²) in [6, 6.07) is 6.46. The van der Waals surface area contributed by atoms with Crippen molar-refractivity contribution in [2.75, 3.05) is 6.54 Å². The van der Waals surface area contributed by atoms with Gasteiger partial charge in [0, 0.05) is 12.6 Å². The molecule has 1 saturated carbocycles. The Balaban J connectivity index is 1.90. The Morgan fingerprint density at radius 1 is 1.45 bits per heavy atom. The van der Waals surface area contributed by atoms with Crippen molar-refractivity contribution in [2.24, 2.45) is 0 Å². The minimum absolute atomic E-state index is 0.465. The predicted molar refractivity (Wildman–Crippen MR) is 82.0 cm³/mol. The standard InChI is InChI=1S/C15H21N3OS/c16-9-5-10-18(12-14-8-4-11-19-14)15(20)17-13-6-2-1-3-7-13/h4,8,11,13H,1-3,5-7,10,12H2,(H,17,20). The minimum atomic E-state index is 0.465. The smallest absolute Gasteiger partial charge is 0.169 e. The van der Waals surface area contributed by atoms with Crippen molar-refractivity contribution in [3.05, 3.63) is 24.2 Å². The fourth-order valence-electron chi connectivity index (χ4n) is 2.54. The van der Waals surface area contributed by atoms with Crippen molar-refractivity contribution in [3.63, 3.8) is 0 Å². The maximum Gasteiger partial charge on any atom is 0.169 e. The van der Waals surface area contributed by atoms with Gasteiger partial charge in [-0.3, -0.25) is 0 Å². The van der Waals surface area contributed by atoms with Crippen molar-refractivity contribution in [1.29, 1.82) is 5.26 Å². The molecule has 0 aromatic carbocycles. The summed E-state index contributed by atoms with van der Waals surface area (Å²) in [6.45, 7) is 1.25. The molecule has 2 rings (SSSR count). The highest BCUT2D eigenvalue weighted by molar-refractivity contribution is 7.80. The average Bonchev–Trinajstić information content (AvgIpc) is 2.97. The number of nitrogens with one attached hydrogen (secondary N) is 1. The van der Waals surface area contributed by atoms with Gasteiger partial charge in [0.2, 0.25) is 0 Å². The van der Waals surface area contributed by atoms with Crippen LogP contribution in [0.4, 0.5) is 0 Å². The third-order valence-electron chi connectivity index (χ3n) is 3.64. The van der Waals surface area contributed by atoms with E-state index in [4.69, 9.17) is 21.9 Å². The number of hydrogen-bond donors (Lipinski definition) is 1. The van der Waals surface area contributed by atoms with Gasteiger partial charge in [-0.05, 0) is 37.2 Å². The lowest BCUT2D eigenvalue weighted by molar-refractivity contribution is 0.344. The molecule has 0 atom stereocenters. The summed E-state index contributed by atoms with van der Waals surface area (Å²) in [4.78, 5) is 2.02. The molecule has 1 fully saturated rings. The van der Waals surface area contributed by atoms with Gasteiger partial charge in [-0.2, -0.15) is 5.26 Å². The molecular weight excluding hydrogens is 270 g/mol. The number of nitriles is 1. The molecule has 1 aliphatic carbocycles. The molecule has 5 heteroatoms. The summed E-state index contributed by atoms with van der Waals surface area (Å²) in [6.07, 6.45) is 8.38. The molecule has 4 nitrogen and oxygen atoms in total. The first kappa shape index (κ1) is 14.9. The third kappa shape index (κ3) is 4.53. The van der Waals surface area contributed by atoms with Crippen LogP contribution in [-0.2, 0) is 6.54 Å². The highest BCUT2D eigenvalue weighted by atomic mass is 32.1. The van der Waals surface area contributed by atoms with E-state index in [-0.39, 0.29) is 0 Å². The molecule has 0 bridgehead atoms. The van der Waals surface area contributed by atoms with Gasteiger partial charge in [-0.15, -0.1) is 0 Å². The van der Waals surface area contributed by atoms with Crippen molar-refractivity contribution in [3.8, 4) is 6.07 Å². The van der Waals surface area contributed by atoms with E-state index in [2.05, 4.69) is 11.4 Å². The summed E-state index contributed by atoms with van der Waals surface area (Å²) in [5.74, 6) is 0.871. The number of furan rings is 1. The van der Waals surface area contributed by atoms with Crippen LogP contribution >= 0.6 is 12.2 Å². The van der Waals surface area contributed by atoms with E-state index in [1.165, 1.54) is 32.1 Å². The van der Waals surface area contributed by atoms with Crippen molar-refractivity contribution < 1.29 is 4.42 Å².